The number of benzene rings is 3. The number of hydrogen-bond acceptors (Lipinski definition) is 1. The molecule has 0 saturated heterocycles. The third-order valence-corrected chi connectivity index (χ3v) is 5.86. The minimum absolute atomic E-state index is 0.136. The SMILES string of the molecule is O=[S@@](Cc1cccc(C(F)(F)F)c1)C(c1ccc(F)cc1)c1ccc(F)cc1. The number of hydrogen-bond donors (Lipinski definition) is 0. The van der Waals surface area contributed by atoms with Crippen molar-refractivity contribution >= 4 is 10.8 Å². The van der Waals surface area contributed by atoms with Crippen LogP contribution in [0.5, 0.6) is 0 Å². The minimum Gasteiger partial charge on any atom is -0.258 e. The number of rotatable bonds is 5. The molecule has 7 heteroatoms. The summed E-state index contributed by atoms with van der Waals surface area (Å²) < 4.78 is 78.4. The molecule has 0 unspecified atom stereocenters. The summed E-state index contributed by atoms with van der Waals surface area (Å²) >= 11 is 0. The third-order valence-electron chi connectivity index (χ3n) is 4.17. The Bertz CT molecular complexity index is 920. The first kappa shape index (κ1) is 20.2. The van der Waals surface area contributed by atoms with Gasteiger partial charge in [-0.15, -0.1) is 0 Å². The van der Waals surface area contributed by atoms with Crippen LogP contribution in [-0.4, -0.2) is 4.21 Å². The van der Waals surface area contributed by atoms with Gasteiger partial charge in [-0.25, -0.2) is 8.78 Å². The Hall–Kier alpha value is -2.54. The lowest BCUT2D eigenvalue weighted by Gasteiger charge is -2.18. The monoisotopic (exact) mass is 410 g/mol. The van der Waals surface area contributed by atoms with Gasteiger partial charge in [0.05, 0.1) is 10.8 Å². The molecule has 1 nitrogen and oxygen atoms in total. The van der Waals surface area contributed by atoms with E-state index in [2.05, 4.69) is 0 Å². The van der Waals surface area contributed by atoms with Crippen molar-refractivity contribution in [2.45, 2.75) is 17.2 Å². The molecule has 0 aliphatic heterocycles. The molecule has 0 heterocycles. The van der Waals surface area contributed by atoms with Gasteiger partial charge in [-0.05, 0) is 47.0 Å². The standard InChI is InChI=1S/C21H15F5OS/c22-18-8-4-15(5-9-18)20(16-6-10-19(23)11-7-16)28(27)13-14-2-1-3-17(12-14)21(24,25)26/h1-12,20H,13H2/t28-/m0/s1. The molecular formula is C21H15F5OS. The van der Waals surface area contributed by atoms with E-state index >= 15 is 0 Å². The van der Waals surface area contributed by atoms with E-state index in [-0.39, 0.29) is 11.3 Å². The Morgan fingerprint density at radius 2 is 1.29 bits per heavy atom. The van der Waals surface area contributed by atoms with Crippen LogP contribution in [0.15, 0.2) is 72.8 Å². The normalized spacial score (nSPS) is 12.9. The van der Waals surface area contributed by atoms with Crippen LogP contribution in [0.2, 0.25) is 0 Å². The van der Waals surface area contributed by atoms with Crippen molar-refractivity contribution in [2.75, 3.05) is 0 Å². The highest BCUT2D eigenvalue weighted by atomic mass is 32.2. The smallest absolute Gasteiger partial charge is 0.258 e. The molecule has 0 radical (unpaired) electrons. The maximum Gasteiger partial charge on any atom is 0.416 e. The summed E-state index contributed by atoms with van der Waals surface area (Å²) in [6.07, 6.45) is -4.50. The molecule has 3 aromatic carbocycles. The van der Waals surface area contributed by atoms with Gasteiger partial charge in [0.25, 0.3) is 0 Å². The summed E-state index contributed by atoms with van der Waals surface area (Å²) in [7, 11) is -1.67. The van der Waals surface area contributed by atoms with Crippen molar-refractivity contribution in [1.29, 1.82) is 0 Å². The van der Waals surface area contributed by atoms with E-state index in [1.165, 1.54) is 60.7 Å². The molecule has 0 fully saturated rings. The van der Waals surface area contributed by atoms with Crippen LogP contribution in [0.3, 0.4) is 0 Å². The second-order valence-electron chi connectivity index (χ2n) is 6.21. The van der Waals surface area contributed by atoms with E-state index in [4.69, 9.17) is 0 Å². The van der Waals surface area contributed by atoms with Crippen LogP contribution in [0, 0.1) is 11.6 Å². The third kappa shape index (κ3) is 4.84. The van der Waals surface area contributed by atoms with Crippen LogP contribution >= 0.6 is 0 Å². The fourth-order valence-electron chi connectivity index (χ4n) is 2.86. The highest BCUT2D eigenvalue weighted by Crippen LogP contribution is 2.33. The van der Waals surface area contributed by atoms with Gasteiger partial charge in [-0.1, -0.05) is 42.5 Å². The highest BCUT2D eigenvalue weighted by Gasteiger charge is 2.30. The zero-order valence-electron chi connectivity index (χ0n) is 14.4. The van der Waals surface area contributed by atoms with Crippen LogP contribution in [-0.2, 0) is 22.7 Å². The predicted octanol–water partition coefficient (Wildman–Crippen LogP) is 6.02. The van der Waals surface area contributed by atoms with Crippen molar-refractivity contribution in [3.05, 3.63) is 107 Å². The Morgan fingerprint density at radius 3 is 1.75 bits per heavy atom. The topological polar surface area (TPSA) is 17.1 Å². The van der Waals surface area contributed by atoms with E-state index in [9.17, 15) is 26.2 Å². The van der Waals surface area contributed by atoms with E-state index in [0.29, 0.717) is 11.1 Å². The average molecular weight is 410 g/mol. The van der Waals surface area contributed by atoms with Crippen LogP contribution < -0.4 is 0 Å². The van der Waals surface area contributed by atoms with Crippen molar-refractivity contribution in [3.8, 4) is 0 Å². The highest BCUT2D eigenvalue weighted by molar-refractivity contribution is 7.84. The molecule has 3 aromatic rings. The van der Waals surface area contributed by atoms with Crippen molar-refractivity contribution in [2.24, 2.45) is 0 Å². The summed E-state index contributed by atoms with van der Waals surface area (Å²) in [5.74, 6) is -1.07. The summed E-state index contributed by atoms with van der Waals surface area (Å²) in [6.45, 7) is 0. The summed E-state index contributed by atoms with van der Waals surface area (Å²) in [5.41, 5.74) is 0.501. The van der Waals surface area contributed by atoms with Gasteiger partial charge in [0.1, 0.15) is 11.6 Å². The molecule has 0 amide bonds. The largest absolute Gasteiger partial charge is 0.416 e. The van der Waals surface area contributed by atoms with E-state index in [0.717, 1.165) is 12.1 Å². The minimum atomic E-state index is -4.50. The zero-order valence-corrected chi connectivity index (χ0v) is 15.2. The number of halogens is 5. The van der Waals surface area contributed by atoms with Crippen LogP contribution in [0.4, 0.5) is 22.0 Å². The van der Waals surface area contributed by atoms with Crippen LogP contribution in [0.1, 0.15) is 27.5 Å². The Labute approximate surface area is 161 Å². The van der Waals surface area contributed by atoms with Gasteiger partial charge < -0.3 is 0 Å². The summed E-state index contributed by atoms with van der Waals surface area (Å²) in [4.78, 5) is 0. The van der Waals surface area contributed by atoms with Gasteiger partial charge in [0.2, 0.25) is 0 Å². The molecule has 0 N–H and O–H groups in total. The lowest BCUT2D eigenvalue weighted by Crippen LogP contribution is -2.12. The second-order valence-corrected chi connectivity index (χ2v) is 7.73. The number of alkyl halides is 3. The maximum atomic E-state index is 13.3. The van der Waals surface area contributed by atoms with Gasteiger partial charge in [-0.3, -0.25) is 4.21 Å². The molecule has 1 atom stereocenters. The van der Waals surface area contributed by atoms with Gasteiger partial charge in [-0.2, -0.15) is 13.2 Å². The molecule has 0 bridgehead atoms. The zero-order chi connectivity index (χ0) is 20.3. The van der Waals surface area contributed by atoms with Crippen molar-refractivity contribution in [1.82, 2.24) is 0 Å². The first-order chi connectivity index (χ1) is 13.2. The predicted molar refractivity (Wildman–Crippen MR) is 97.9 cm³/mol. The molecule has 0 spiro atoms. The Morgan fingerprint density at radius 1 is 0.786 bits per heavy atom. The molecule has 28 heavy (non-hydrogen) atoms. The molecule has 0 aliphatic carbocycles. The van der Waals surface area contributed by atoms with Crippen LogP contribution in [0.25, 0.3) is 0 Å². The average Bonchev–Trinajstić information content (AvgIpc) is 2.65. The molecule has 3 rings (SSSR count). The fraction of sp³-hybridized carbons (Fsp3) is 0.143. The Balaban J connectivity index is 1.95. The summed E-state index contributed by atoms with van der Waals surface area (Å²) in [5, 5.41) is -0.740. The van der Waals surface area contributed by atoms with Gasteiger partial charge >= 0.3 is 6.18 Å². The van der Waals surface area contributed by atoms with Gasteiger partial charge in [0.15, 0.2) is 0 Å². The Kier molecular flexibility index (Phi) is 5.93. The van der Waals surface area contributed by atoms with Crippen molar-refractivity contribution < 1.29 is 26.2 Å². The van der Waals surface area contributed by atoms with Crippen molar-refractivity contribution in [3.63, 3.8) is 0 Å². The first-order valence-corrected chi connectivity index (χ1v) is 9.66. The lowest BCUT2D eigenvalue weighted by molar-refractivity contribution is -0.137. The molecule has 146 valence electrons. The maximum absolute atomic E-state index is 13.3. The lowest BCUT2D eigenvalue weighted by atomic mass is 10.0. The second kappa shape index (κ2) is 8.22. The molecule has 0 aromatic heterocycles. The summed E-state index contributed by atoms with van der Waals surface area (Å²) in [6, 6.07) is 15.4. The molecule has 0 aliphatic rings. The quantitative estimate of drug-likeness (QED) is 0.470. The van der Waals surface area contributed by atoms with E-state index in [1.807, 2.05) is 0 Å². The first-order valence-electron chi connectivity index (χ1n) is 8.28. The molecular weight excluding hydrogens is 395 g/mol. The van der Waals surface area contributed by atoms with E-state index < -0.39 is 39.4 Å². The molecule has 0 saturated carbocycles. The fourth-order valence-corrected chi connectivity index (χ4v) is 4.45. The van der Waals surface area contributed by atoms with Gasteiger partial charge in [0, 0.05) is 16.6 Å². The van der Waals surface area contributed by atoms with E-state index in [1.54, 1.807) is 0 Å².